The van der Waals surface area contributed by atoms with Crippen molar-refractivity contribution < 1.29 is 19.1 Å². The Labute approximate surface area is 162 Å². The van der Waals surface area contributed by atoms with E-state index in [2.05, 4.69) is 0 Å². The van der Waals surface area contributed by atoms with E-state index in [1.54, 1.807) is 16.8 Å². The molecule has 0 radical (unpaired) electrons. The van der Waals surface area contributed by atoms with Gasteiger partial charge in [0.2, 0.25) is 0 Å². The summed E-state index contributed by atoms with van der Waals surface area (Å²) in [7, 11) is 1.75. The number of likely N-dealkylation sites (N-methyl/N-ethyl adjacent to an activating group) is 1. The van der Waals surface area contributed by atoms with Gasteiger partial charge in [-0.2, -0.15) is 0 Å². The fourth-order valence-corrected chi connectivity index (χ4v) is 3.08. The van der Waals surface area contributed by atoms with E-state index in [9.17, 15) is 9.59 Å². The highest BCUT2D eigenvalue weighted by Gasteiger charge is 2.32. The third-order valence-corrected chi connectivity index (χ3v) is 4.18. The Bertz CT molecular complexity index is 688. The maximum Gasteiger partial charge on any atom is 0.414 e. The predicted molar refractivity (Wildman–Crippen MR) is 106 cm³/mol. The molecule has 0 bridgehead atoms. The van der Waals surface area contributed by atoms with Gasteiger partial charge in [0, 0.05) is 26.1 Å². The van der Waals surface area contributed by atoms with Crippen molar-refractivity contribution in [1.29, 1.82) is 0 Å². The maximum absolute atomic E-state index is 12.6. The first-order valence-corrected chi connectivity index (χ1v) is 9.41. The first-order valence-electron chi connectivity index (χ1n) is 9.41. The zero-order valence-electron chi connectivity index (χ0n) is 17.5. The van der Waals surface area contributed by atoms with E-state index >= 15 is 0 Å². The first kappa shape index (κ1) is 21.1. The molecule has 0 fully saturated rings. The molecule has 27 heavy (non-hydrogen) atoms. The number of benzene rings is 1. The molecule has 150 valence electrons. The van der Waals surface area contributed by atoms with Crippen LogP contribution >= 0.6 is 0 Å². The van der Waals surface area contributed by atoms with Gasteiger partial charge in [-0.25, -0.2) is 9.59 Å². The van der Waals surface area contributed by atoms with Gasteiger partial charge in [0.1, 0.15) is 11.2 Å². The van der Waals surface area contributed by atoms with Crippen LogP contribution in [0.5, 0.6) is 0 Å². The Morgan fingerprint density at radius 1 is 1.07 bits per heavy atom. The molecule has 2 amide bonds. The average molecular weight is 376 g/mol. The standard InChI is InChI=1S/C21H32N2O4/c1-20(2,3)26-18(24)22(7)14-15-12-13-23(19(25)27-21(4,5)6)17-11-9-8-10-16(15)17/h8-11,15H,12-14H2,1-7H3. The number of anilines is 1. The lowest BCUT2D eigenvalue weighted by molar-refractivity contribution is 0.0284. The summed E-state index contributed by atoms with van der Waals surface area (Å²) in [4.78, 5) is 28.2. The summed E-state index contributed by atoms with van der Waals surface area (Å²) in [6.07, 6.45) is 0.0760. The van der Waals surface area contributed by atoms with Gasteiger partial charge in [0.15, 0.2) is 0 Å². The van der Waals surface area contributed by atoms with Crippen LogP contribution in [0.2, 0.25) is 0 Å². The first-order chi connectivity index (χ1) is 12.4. The minimum Gasteiger partial charge on any atom is -0.444 e. The van der Waals surface area contributed by atoms with Crippen LogP contribution in [-0.4, -0.2) is 48.4 Å². The second-order valence-electron chi connectivity index (χ2n) is 9.04. The lowest BCUT2D eigenvalue weighted by Crippen LogP contribution is -2.43. The van der Waals surface area contributed by atoms with Crippen LogP contribution in [0, 0.1) is 0 Å². The van der Waals surface area contributed by atoms with Crippen LogP contribution in [0.15, 0.2) is 24.3 Å². The fraction of sp³-hybridized carbons (Fsp3) is 0.619. The fourth-order valence-electron chi connectivity index (χ4n) is 3.08. The summed E-state index contributed by atoms with van der Waals surface area (Å²) in [6, 6.07) is 7.81. The molecule has 0 aromatic heterocycles. The largest absolute Gasteiger partial charge is 0.444 e. The Kier molecular flexibility index (Phi) is 6.07. The van der Waals surface area contributed by atoms with Crippen LogP contribution in [0.4, 0.5) is 15.3 Å². The molecule has 0 saturated heterocycles. The third kappa shape index (κ3) is 5.88. The summed E-state index contributed by atoms with van der Waals surface area (Å²) >= 11 is 0. The highest BCUT2D eigenvalue weighted by atomic mass is 16.6. The van der Waals surface area contributed by atoms with Crippen molar-refractivity contribution in [3.8, 4) is 0 Å². The van der Waals surface area contributed by atoms with E-state index < -0.39 is 11.2 Å². The van der Waals surface area contributed by atoms with Crippen LogP contribution in [0.25, 0.3) is 0 Å². The van der Waals surface area contributed by atoms with Crippen molar-refractivity contribution in [1.82, 2.24) is 4.90 Å². The topological polar surface area (TPSA) is 59.1 Å². The van der Waals surface area contributed by atoms with Crippen molar-refractivity contribution >= 4 is 17.9 Å². The van der Waals surface area contributed by atoms with Crippen molar-refractivity contribution in [3.63, 3.8) is 0 Å². The summed E-state index contributed by atoms with van der Waals surface area (Å²) in [5, 5.41) is 0. The number of amides is 2. The normalized spacial score (nSPS) is 17.1. The molecule has 1 aromatic carbocycles. The summed E-state index contributed by atoms with van der Waals surface area (Å²) in [6.45, 7) is 12.2. The molecule has 0 saturated carbocycles. The number of nitrogens with zero attached hydrogens (tertiary/aromatic N) is 2. The monoisotopic (exact) mass is 376 g/mol. The van der Waals surface area contributed by atoms with Gasteiger partial charge in [0.05, 0.1) is 5.69 Å². The number of hydrogen-bond donors (Lipinski definition) is 0. The minimum atomic E-state index is -0.542. The molecule has 0 aliphatic carbocycles. The van der Waals surface area contributed by atoms with Gasteiger partial charge < -0.3 is 14.4 Å². The van der Waals surface area contributed by atoms with E-state index in [1.165, 1.54) is 0 Å². The lowest BCUT2D eigenvalue weighted by atomic mass is 9.89. The van der Waals surface area contributed by atoms with E-state index in [1.807, 2.05) is 65.8 Å². The zero-order valence-corrected chi connectivity index (χ0v) is 17.5. The molecule has 1 aliphatic heterocycles. The molecular formula is C21H32N2O4. The molecule has 1 aliphatic rings. The zero-order chi connectivity index (χ0) is 20.4. The average Bonchev–Trinajstić information content (AvgIpc) is 2.51. The molecule has 1 heterocycles. The van der Waals surface area contributed by atoms with Gasteiger partial charge in [-0.15, -0.1) is 0 Å². The van der Waals surface area contributed by atoms with E-state index in [4.69, 9.17) is 9.47 Å². The summed E-state index contributed by atoms with van der Waals surface area (Å²) in [5.74, 6) is 0.136. The summed E-state index contributed by atoms with van der Waals surface area (Å²) in [5.41, 5.74) is 0.828. The summed E-state index contributed by atoms with van der Waals surface area (Å²) < 4.78 is 11.0. The third-order valence-electron chi connectivity index (χ3n) is 4.18. The highest BCUT2D eigenvalue weighted by molar-refractivity contribution is 5.89. The Balaban J connectivity index is 2.16. The van der Waals surface area contributed by atoms with Crippen LogP contribution in [0.1, 0.15) is 59.4 Å². The van der Waals surface area contributed by atoms with Gasteiger partial charge >= 0.3 is 12.2 Å². The number of ether oxygens (including phenoxy) is 2. The van der Waals surface area contributed by atoms with E-state index in [0.29, 0.717) is 13.1 Å². The molecule has 6 heteroatoms. The van der Waals surface area contributed by atoms with Gasteiger partial charge in [-0.1, -0.05) is 18.2 Å². The quantitative estimate of drug-likeness (QED) is 0.745. The molecule has 2 rings (SSSR count). The molecule has 1 unspecified atom stereocenters. The van der Waals surface area contributed by atoms with Crippen molar-refractivity contribution in [2.45, 2.75) is 65.1 Å². The second-order valence-corrected chi connectivity index (χ2v) is 9.04. The van der Waals surface area contributed by atoms with Gasteiger partial charge in [-0.05, 0) is 59.6 Å². The Hall–Kier alpha value is -2.24. The van der Waals surface area contributed by atoms with Gasteiger partial charge in [-0.3, -0.25) is 4.90 Å². The minimum absolute atomic E-state index is 0.136. The number of carbonyl (C=O) groups excluding carboxylic acids is 2. The molecular weight excluding hydrogens is 344 g/mol. The highest BCUT2D eigenvalue weighted by Crippen LogP contribution is 2.36. The van der Waals surface area contributed by atoms with Crippen LogP contribution < -0.4 is 4.90 Å². The lowest BCUT2D eigenvalue weighted by Gasteiger charge is -2.36. The SMILES string of the molecule is CN(CC1CCN(C(=O)OC(C)(C)C)c2ccccc21)C(=O)OC(C)(C)C. The van der Waals surface area contributed by atoms with Crippen molar-refractivity contribution in [3.05, 3.63) is 29.8 Å². The van der Waals surface area contributed by atoms with Crippen LogP contribution in [0.3, 0.4) is 0 Å². The smallest absolute Gasteiger partial charge is 0.414 e. The van der Waals surface area contributed by atoms with E-state index in [-0.39, 0.29) is 18.1 Å². The molecule has 1 aromatic rings. The van der Waals surface area contributed by atoms with Crippen molar-refractivity contribution in [2.24, 2.45) is 0 Å². The second kappa shape index (κ2) is 7.79. The van der Waals surface area contributed by atoms with E-state index in [0.717, 1.165) is 17.7 Å². The molecule has 1 atom stereocenters. The Morgan fingerprint density at radius 2 is 1.67 bits per heavy atom. The maximum atomic E-state index is 12.6. The number of rotatable bonds is 2. The van der Waals surface area contributed by atoms with Crippen LogP contribution in [-0.2, 0) is 9.47 Å². The number of fused-ring (bicyclic) bond motifs is 1. The Morgan fingerprint density at radius 3 is 2.26 bits per heavy atom. The van der Waals surface area contributed by atoms with Crippen molar-refractivity contribution in [2.75, 3.05) is 25.0 Å². The molecule has 0 spiro atoms. The predicted octanol–water partition coefficient (Wildman–Crippen LogP) is 4.78. The number of hydrogen-bond acceptors (Lipinski definition) is 4. The van der Waals surface area contributed by atoms with Gasteiger partial charge in [0.25, 0.3) is 0 Å². The molecule has 0 N–H and O–H groups in total. The number of para-hydroxylation sites is 1. The molecule has 6 nitrogen and oxygen atoms in total. The number of carbonyl (C=O) groups is 2.